The molecule has 0 bridgehead atoms. The minimum Gasteiger partial charge on any atom is -0.508 e. The number of halogens is 1. The molecule has 0 fully saturated rings. The van der Waals surface area contributed by atoms with Crippen molar-refractivity contribution in [2.75, 3.05) is 11.9 Å². The van der Waals surface area contributed by atoms with E-state index >= 15 is 0 Å². The molecule has 2 atom stereocenters. The van der Waals surface area contributed by atoms with Crippen molar-refractivity contribution >= 4 is 17.2 Å². The van der Waals surface area contributed by atoms with E-state index in [0.717, 1.165) is 5.56 Å². The number of ether oxygens (including phenoxy) is 1. The van der Waals surface area contributed by atoms with Gasteiger partial charge in [-0.15, -0.1) is 0 Å². The van der Waals surface area contributed by atoms with Crippen molar-refractivity contribution < 1.29 is 14.2 Å². The van der Waals surface area contributed by atoms with E-state index in [4.69, 9.17) is 10.5 Å². The van der Waals surface area contributed by atoms with Gasteiger partial charge in [0.1, 0.15) is 28.7 Å². The molecule has 4 rings (SSSR count). The Labute approximate surface area is 161 Å². The highest BCUT2D eigenvalue weighted by molar-refractivity contribution is 5.70. The quantitative estimate of drug-likeness (QED) is 0.585. The van der Waals surface area contributed by atoms with Crippen molar-refractivity contribution in [3.05, 3.63) is 59.7 Å². The first kappa shape index (κ1) is 18.2. The number of hydrogen-bond acceptors (Lipinski definition) is 6. The topological polar surface area (TPSA) is 97.7 Å². The molecule has 0 spiro atoms. The van der Waals surface area contributed by atoms with E-state index in [9.17, 15) is 9.50 Å². The lowest BCUT2D eigenvalue weighted by molar-refractivity contribution is 0.124. The Balaban J connectivity index is 1.66. The molecule has 7 nitrogen and oxygen atoms in total. The summed E-state index contributed by atoms with van der Waals surface area (Å²) in [5.41, 5.74) is 7.54. The van der Waals surface area contributed by atoms with E-state index < -0.39 is 5.60 Å². The van der Waals surface area contributed by atoms with E-state index in [0.29, 0.717) is 41.3 Å². The Hall–Kier alpha value is -3.13. The minimum atomic E-state index is -0.607. The van der Waals surface area contributed by atoms with E-state index in [2.05, 4.69) is 22.0 Å². The fraction of sp³-hybridized carbons (Fsp3) is 0.300. The molecule has 8 heteroatoms. The summed E-state index contributed by atoms with van der Waals surface area (Å²) in [4.78, 5) is 4.51. The first-order valence-electron chi connectivity index (χ1n) is 9.01. The van der Waals surface area contributed by atoms with Gasteiger partial charge in [0.15, 0.2) is 5.65 Å². The van der Waals surface area contributed by atoms with Crippen molar-refractivity contribution in [3.8, 4) is 5.75 Å². The summed E-state index contributed by atoms with van der Waals surface area (Å²) in [5, 5.41) is 17.1. The Kier molecular flexibility index (Phi) is 4.23. The smallest absolute Gasteiger partial charge is 0.168 e. The third-order valence-corrected chi connectivity index (χ3v) is 5.08. The van der Waals surface area contributed by atoms with Gasteiger partial charge >= 0.3 is 0 Å². The molecule has 1 aliphatic heterocycles. The third kappa shape index (κ3) is 2.95. The Morgan fingerprint density at radius 3 is 3.00 bits per heavy atom. The van der Waals surface area contributed by atoms with Gasteiger partial charge in [-0.3, -0.25) is 0 Å². The number of hydrogen-bond donors (Lipinski definition) is 3. The van der Waals surface area contributed by atoms with Crippen LogP contribution in [0.4, 0.5) is 10.2 Å². The van der Waals surface area contributed by atoms with Gasteiger partial charge in [-0.25, -0.2) is 13.9 Å². The zero-order chi connectivity index (χ0) is 20.1. The molecule has 4 N–H and O–H groups in total. The number of nitrogens with two attached hydrogens (primary N) is 1. The van der Waals surface area contributed by atoms with E-state index in [1.54, 1.807) is 22.8 Å². The molecule has 146 valence electrons. The summed E-state index contributed by atoms with van der Waals surface area (Å²) in [5.74, 6) is 0.745. The second-order valence-electron chi connectivity index (χ2n) is 7.33. The molecule has 3 heterocycles. The summed E-state index contributed by atoms with van der Waals surface area (Å²) in [6.07, 6.45) is 3.68. The highest BCUT2D eigenvalue weighted by Gasteiger charge is 2.37. The van der Waals surface area contributed by atoms with Crippen LogP contribution in [0.3, 0.4) is 0 Å². The van der Waals surface area contributed by atoms with Crippen molar-refractivity contribution in [2.24, 2.45) is 5.73 Å². The van der Waals surface area contributed by atoms with Crippen molar-refractivity contribution in [3.63, 3.8) is 0 Å². The van der Waals surface area contributed by atoms with Gasteiger partial charge < -0.3 is 20.9 Å². The van der Waals surface area contributed by atoms with E-state index in [1.807, 2.05) is 13.8 Å². The first-order valence-corrected chi connectivity index (χ1v) is 9.01. The van der Waals surface area contributed by atoms with Crippen molar-refractivity contribution in [1.82, 2.24) is 14.6 Å². The van der Waals surface area contributed by atoms with Gasteiger partial charge in [0, 0.05) is 30.3 Å². The van der Waals surface area contributed by atoms with Crippen LogP contribution in [0.1, 0.15) is 36.6 Å². The fourth-order valence-electron chi connectivity index (χ4n) is 3.47. The fourth-order valence-corrected chi connectivity index (χ4v) is 3.47. The molecule has 1 unspecified atom stereocenters. The number of aliphatic hydroxyl groups excluding tert-OH is 1. The lowest BCUT2D eigenvalue weighted by Gasteiger charge is -2.23. The number of aromatic nitrogens is 3. The standard InChI is InChI=1S/C20H22FN5O2/c1-11(13-4-5-16(21)14-8-20(3,10-22)28-18(13)14)24-17-6-7-26-19(25-17)15(9-23-26)12(2)27/h4-7,9,11,27H,2,8,10,22H2,1,3H3,(H,24,25)/t11-,20?/m1/s1. The van der Waals surface area contributed by atoms with Crippen LogP contribution in [0.2, 0.25) is 0 Å². The van der Waals surface area contributed by atoms with Crippen LogP contribution in [0.5, 0.6) is 5.75 Å². The Morgan fingerprint density at radius 2 is 2.29 bits per heavy atom. The summed E-state index contributed by atoms with van der Waals surface area (Å²) >= 11 is 0. The molecule has 1 aliphatic rings. The van der Waals surface area contributed by atoms with Gasteiger partial charge in [-0.1, -0.05) is 12.6 Å². The summed E-state index contributed by atoms with van der Waals surface area (Å²) in [6, 6.07) is 4.74. The van der Waals surface area contributed by atoms with Crippen molar-refractivity contribution in [1.29, 1.82) is 0 Å². The van der Waals surface area contributed by atoms with E-state index in [-0.39, 0.29) is 17.6 Å². The molecule has 28 heavy (non-hydrogen) atoms. The zero-order valence-electron chi connectivity index (χ0n) is 15.7. The number of aliphatic hydroxyl groups is 1. The SMILES string of the molecule is C=C(O)c1cnn2ccc(N[C@H](C)c3ccc(F)c4c3OC(C)(CN)C4)nc12. The van der Waals surface area contributed by atoms with Gasteiger partial charge in [-0.2, -0.15) is 5.10 Å². The largest absolute Gasteiger partial charge is 0.508 e. The summed E-state index contributed by atoms with van der Waals surface area (Å²) in [6.45, 7) is 7.67. The Morgan fingerprint density at radius 1 is 1.50 bits per heavy atom. The molecule has 0 radical (unpaired) electrons. The lowest BCUT2D eigenvalue weighted by Crippen LogP contribution is -2.39. The van der Waals surface area contributed by atoms with Gasteiger partial charge in [0.25, 0.3) is 0 Å². The van der Waals surface area contributed by atoms with Crippen LogP contribution in [-0.4, -0.2) is 31.9 Å². The maximum atomic E-state index is 14.3. The lowest BCUT2D eigenvalue weighted by atomic mass is 9.97. The molecule has 0 amide bonds. The number of nitrogens with zero attached hydrogens (tertiary/aromatic N) is 3. The predicted octanol–water partition coefficient (Wildman–Crippen LogP) is 3.22. The van der Waals surface area contributed by atoms with Gasteiger partial charge in [0.2, 0.25) is 0 Å². The van der Waals surface area contributed by atoms with Crippen LogP contribution in [0.15, 0.2) is 37.2 Å². The second-order valence-corrected chi connectivity index (χ2v) is 7.33. The molecule has 1 aromatic carbocycles. The van der Waals surface area contributed by atoms with Crippen LogP contribution in [0, 0.1) is 5.82 Å². The molecule has 0 aliphatic carbocycles. The number of nitrogens with one attached hydrogen (secondary N) is 1. The molecule has 3 aromatic rings. The average Bonchev–Trinajstić information content (AvgIpc) is 3.23. The minimum absolute atomic E-state index is 0.0986. The van der Waals surface area contributed by atoms with Gasteiger partial charge in [0.05, 0.1) is 17.8 Å². The first-order chi connectivity index (χ1) is 13.3. The number of benzene rings is 1. The zero-order valence-corrected chi connectivity index (χ0v) is 15.7. The molecular formula is C20H22FN5O2. The maximum absolute atomic E-state index is 14.3. The van der Waals surface area contributed by atoms with Crippen LogP contribution in [0.25, 0.3) is 11.4 Å². The normalized spacial score (nSPS) is 19.3. The highest BCUT2D eigenvalue weighted by atomic mass is 19.1. The summed E-state index contributed by atoms with van der Waals surface area (Å²) in [7, 11) is 0. The Bertz CT molecular complexity index is 1080. The average molecular weight is 383 g/mol. The molecular weight excluding hydrogens is 361 g/mol. The summed E-state index contributed by atoms with van der Waals surface area (Å²) < 4.78 is 21.9. The highest BCUT2D eigenvalue weighted by Crippen LogP contribution is 2.41. The van der Waals surface area contributed by atoms with Gasteiger partial charge in [-0.05, 0) is 26.0 Å². The molecule has 2 aromatic heterocycles. The van der Waals surface area contributed by atoms with E-state index in [1.165, 1.54) is 12.3 Å². The predicted molar refractivity (Wildman–Crippen MR) is 105 cm³/mol. The number of rotatable bonds is 5. The van der Waals surface area contributed by atoms with Crippen molar-refractivity contribution in [2.45, 2.75) is 31.9 Å². The maximum Gasteiger partial charge on any atom is 0.168 e. The number of anilines is 1. The third-order valence-electron chi connectivity index (χ3n) is 5.08. The van der Waals surface area contributed by atoms with Crippen LogP contribution in [-0.2, 0) is 6.42 Å². The second kappa shape index (κ2) is 6.49. The number of fused-ring (bicyclic) bond motifs is 2. The van der Waals surface area contributed by atoms with Crippen LogP contribution >= 0.6 is 0 Å². The monoisotopic (exact) mass is 383 g/mol. The molecule has 0 saturated carbocycles. The van der Waals surface area contributed by atoms with Crippen LogP contribution < -0.4 is 15.8 Å². The molecule has 0 saturated heterocycles.